The molecule has 2 rings (SSSR count). The van der Waals surface area contributed by atoms with Gasteiger partial charge in [0.15, 0.2) is 0 Å². The van der Waals surface area contributed by atoms with Crippen molar-refractivity contribution in [2.24, 2.45) is 0 Å². The summed E-state index contributed by atoms with van der Waals surface area (Å²) in [7, 11) is 0. The summed E-state index contributed by atoms with van der Waals surface area (Å²) in [5.41, 5.74) is 0.990. The van der Waals surface area contributed by atoms with E-state index in [1.165, 1.54) is 0 Å². The zero-order valence-corrected chi connectivity index (χ0v) is 8.48. The Morgan fingerprint density at radius 2 is 2.23 bits per heavy atom. The summed E-state index contributed by atoms with van der Waals surface area (Å²) in [5, 5.41) is 4.24. The molecule has 68 valence electrons. The van der Waals surface area contributed by atoms with Gasteiger partial charge >= 0.3 is 0 Å². The van der Waals surface area contributed by atoms with Gasteiger partial charge in [0.25, 0.3) is 0 Å². The van der Waals surface area contributed by atoms with E-state index >= 15 is 0 Å². The van der Waals surface area contributed by atoms with Crippen molar-refractivity contribution in [3.8, 4) is 0 Å². The molecule has 13 heavy (non-hydrogen) atoms. The van der Waals surface area contributed by atoms with Crippen LogP contribution in [0.15, 0.2) is 12.1 Å². The molecule has 2 aromatic heterocycles. The van der Waals surface area contributed by atoms with E-state index in [0.29, 0.717) is 0 Å². The molecule has 0 aliphatic rings. The van der Waals surface area contributed by atoms with E-state index in [1.807, 2.05) is 19.1 Å². The van der Waals surface area contributed by atoms with Crippen LogP contribution in [0.3, 0.4) is 0 Å². The first-order chi connectivity index (χ1) is 6.29. The molecule has 0 bridgehead atoms. The molecule has 3 nitrogen and oxygen atoms in total. The molecule has 1 N–H and O–H groups in total. The van der Waals surface area contributed by atoms with Gasteiger partial charge in [0.2, 0.25) is 0 Å². The SMILES string of the molecule is CCNc1ccc2nc(C)sc2n1. The number of pyridine rings is 1. The van der Waals surface area contributed by atoms with E-state index in [1.54, 1.807) is 11.3 Å². The summed E-state index contributed by atoms with van der Waals surface area (Å²) < 4.78 is 0. The number of hydrogen-bond donors (Lipinski definition) is 1. The summed E-state index contributed by atoms with van der Waals surface area (Å²) in [6, 6.07) is 3.97. The second-order valence-electron chi connectivity index (χ2n) is 2.78. The molecule has 0 fully saturated rings. The van der Waals surface area contributed by atoms with Crippen LogP contribution in [-0.4, -0.2) is 16.5 Å². The fourth-order valence-electron chi connectivity index (χ4n) is 1.21. The Labute approximate surface area is 80.8 Å². The van der Waals surface area contributed by atoms with Crippen LogP contribution < -0.4 is 5.32 Å². The minimum absolute atomic E-state index is 0.899. The fraction of sp³-hybridized carbons (Fsp3) is 0.333. The minimum Gasteiger partial charge on any atom is -0.370 e. The van der Waals surface area contributed by atoms with E-state index in [0.717, 1.165) is 27.7 Å². The van der Waals surface area contributed by atoms with E-state index in [4.69, 9.17) is 0 Å². The van der Waals surface area contributed by atoms with Crippen LogP contribution in [0.4, 0.5) is 5.82 Å². The molecule has 0 amide bonds. The molecule has 0 unspecified atom stereocenters. The number of nitrogens with one attached hydrogen (secondary N) is 1. The quantitative estimate of drug-likeness (QED) is 0.796. The smallest absolute Gasteiger partial charge is 0.145 e. The number of aryl methyl sites for hydroxylation is 1. The zero-order valence-electron chi connectivity index (χ0n) is 7.66. The lowest BCUT2D eigenvalue weighted by molar-refractivity contribution is 1.18. The van der Waals surface area contributed by atoms with Crippen molar-refractivity contribution in [3.63, 3.8) is 0 Å². The number of thiazole rings is 1. The molecule has 4 heteroatoms. The van der Waals surface area contributed by atoms with Crippen molar-refractivity contribution < 1.29 is 0 Å². The first-order valence-electron chi connectivity index (χ1n) is 4.27. The summed E-state index contributed by atoms with van der Waals surface area (Å²) in [6.07, 6.45) is 0. The maximum Gasteiger partial charge on any atom is 0.145 e. The Morgan fingerprint density at radius 1 is 1.38 bits per heavy atom. The van der Waals surface area contributed by atoms with Gasteiger partial charge in [0.1, 0.15) is 16.2 Å². The number of anilines is 1. The lowest BCUT2D eigenvalue weighted by atomic mass is 10.4. The van der Waals surface area contributed by atoms with Crippen LogP contribution in [0.25, 0.3) is 10.3 Å². The molecule has 0 aliphatic heterocycles. The van der Waals surface area contributed by atoms with E-state index < -0.39 is 0 Å². The van der Waals surface area contributed by atoms with E-state index in [9.17, 15) is 0 Å². The largest absolute Gasteiger partial charge is 0.370 e. The molecule has 0 spiro atoms. The molecule has 0 saturated heterocycles. The topological polar surface area (TPSA) is 37.8 Å². The van der Waals surface area contributed by atoms with Gasteiger partial charge in [0, 0.05) is 6.54 Å². The lowest BCUT2D eigenvalue weighted by Crippen LogP contribution is -1.97. The van der Waals surface area contributed by atoms with Gasteiger partial charge in [-0.2, -0.15) is 0 Å². The highest BCUT2D eigenvalue weighted by Gasteiger charge is 2.01. The average Bonchev–Trinajstić information content (AvgIpc) is 2.44. The standard InChI is InChI=1S/C9H11N3S/c1-3-10-8-5-4-7-9(12-8)13-6(2)11-7/h4-5H,3H2,1-2H3,(H,10,12). The first-order valence-corrected chi connectivity index (χ1v) is 5.09. The van der Waals surface area contributed by atoms with Crippen LogP contribution in [0.2, 0.25) is 0 Å². The van der Waals surface area contributed by atoms with Crippen LogP contribution in [-0.2, 0) is 0 Å². The third-order valence-electron chi connectivity index (χ3n) is 1.72. The highest BCUT2D eigenvalue weighted by molar-refractivity contribution is 7.18. The predicted octanol–water partition coefficient (Wildman–Crippen LogP) is 2.43. The van der Waals surface area contributed by atoms with E-state index in [-0.39, 0.29) is 0 Å². The molecule has 0 radical (unpaired) electrons. The molecule has 2 heterocycles. The van der Waals surface area contributed by atoms with Gasteiger partial charge in [0.05, 0.1) is 5.01 Å². The summed E-state index contributed by atoms with van der Waals surface area (Å²) in [4.78, 5) is 9.78. The van der Waals surface area contributed by atoms with Crippen LogP contribution >= 0.6 is 11.3 Å². The minimum atomic E-state index is 0.899. The normalized spacial score (nSPS) is 10.6. The maximum absolute atomic E-state index is 4.43. The van der Waals surface area contributed by atoms with Gasteiger partial charge in [-0.3, -0.25) is 0 Å². The Hall–Kier alpha value is -1.16. The van der Waals surface area contributed by atoms with Crippen molar-refractivity contribution in [1.82, 2.24) is 9.97 Å². The Morgan fingerprint density at radius 3 is 3.00 bits per heavy atom. The van der Waals surface area contributed by atoms with Crippen LogP contribution in [0, 0.1) is 6.92 Å². The van der Waals surface area contributed by atoms with Crippen molar-refractivity contribution >= 4 is 27.5 Å². The number of nitrogens with zero attached hydrogens (tertiary/aromatic N) is 2. The van der Waals surface area contributed by atoms with Crippen molar-refractivity contribution in [2.75, 3.05) is 11.9 Å². The van der Waals surface area contributed by atoms with Crippen LogP contribution in [0.5, 0.6) is 0 Å². The van der Waals surface area contributed by atoms with Crippen molar-refractivity contribution in [3.05, 3.63) is 17.1 Å². The van der Waals surface area contributed by atoms with Gasteiger partial charge in [-0.15, -0.1) is 0 Å². The molecular weight excluding hydrogens is 182 g/mol. The van der Waals surface area contributed by atoms with Crippen LogP contribution in [0.1, 0.15) is 11.9 Å². The number of aromatic nitrogens is 2. The van der Waals surface area contributed by atoms with Gasteiger partial charge in [-0.1, -0.05) is 11.3 Å². The number of hydrogen-bond acceptors (Lipinski definition) is 4. The summed E-state index contributed by atoms with van der Waals surface area (Å²) in [6.45, 7) is 4.96. The molecule has 0 saturated carbocycles. The first kappa shape index (κ1) is 8.44. The van der Waals surface area contributed by atoms with Crippen molar-refractivity contribution in [1.29, 1.82) is 0 Å². The molecular formula is C9H11N3S. The third kappa shape index (κ3) is 1.62. The lowest BCUT2D eigenvalue weighted by Gasteiger charge is -1.99. The maximum atomic E-state index is 4.43. The zero-order chi connectivity index (χ0) is 9.26. The second-order valence-corrected chi connectivity index (χ2v) is 3.97. The predicted molar refractivity (Wildman–Crippen MR) is 56.3 cm³/mol. The summed E-state index contributed by atoms with van der Waals surface area (Å²) in [5.74, 6) is 0.929. The van der Waals surface area contributed by atoms with Gasteiger partial charge < -0.3 is 5.32 Å². The Kier molecular flexibility index (Phi) is 2.14. The van der Waals surface area contributed by atoms with Gasteiger partial charge in [-0.25, -0.2) is 9.97 Å². The fourth-order valence-corrected chi connectivity index (χ4v) is 1.99. The monoisotopic (exact) mass is 193 g/mol. The number of fused-ring (bicyclic) bond motifs is 1. The second kappa shape index (κ2) is 3.30. The third-order valence-corrected chi connectivity index (χ3v) is 2.60. The summed E-state index contributed by atoms with van der Waals surface area (Å²) >= 11 is 1.63. The van der Waals surface area contributed by atoms with Gasteiger partial charge in [-0.05, 0) is 26.0 Å². The van der Waals surface area contributed by atoms with Crippen molar-refractivity contribution in [2.45, 2.75) is 13.8 Å². The average molecular weight is 193 g/mol. The van der Waals surface area contributed by atoms with E-state index in [2.05, 4.69) is 22.2 Å². The Balaban J connectivity index is 2.48. The highest BCUT2D eigenvalue weighted by atomic mass is 32.1. The Bertz CT molecular complexity index is 422. The molecule has 0 aromatic carbocycles. The number of rotatable bonds is 2. The molecule has 0 aliphatic carbocycles. The molecule has 2 aromatic rings. The highest BCUT2D eigenvalue weighted by Crippen LogP contribution is 2.20. The molecule has 0 atom stereocenters.